The van der Waals surface area contributed by atoms with E-state index in [2.05, 4.69) is 15.4 Å². The van der Waals surface area contributed by atoms with Gasteiger partial charge in [0.2, 0.25) is 10.0 Å². The molecule has 0 heterocycles. The number of thiocarbonyl (C=S) groups is 1. The van der Waals surface area contributed by atoms with Crippen molar-refractivity contribution in [2.24, 2.45) is 0 Å². The van der Waals surface area contributed by atoms with Crippen molar-refractivity contribution in [2.45, 2.75) is 11.8 Å². The predicted octanol–water partition coefficient (Wildman–Crippen LogP) is 2.80. The van der Waals surface area contributed by atoms with Gasteiger partial charge in [-0.15, -0.1) is 0 Å². The zero-order valence-corrected chi connectivity index (χ0v) is 15.0. The highest BCUT2D eigenvalue weighted by molar-refractivity contribution is 7.89. The Kier molecular flexibility index (Phi) is 6.13. The minimum absolute atomic E-state index is 0.212. The Bertz CT molecular complexity index is 788. The highest BCUT2D eigenvalue weighted by Gasteiger charge is 2.12. The molecule has 2 aromatic rings. The maximum Gasteiger partial charge on any atom is 0.240 e. The Hall–Kier alpha value is -2.16. The monoisotopic (exact) mass is 365 g/mol. The van der Waals surface area contributed by atoms with Gasteiger partial charge in [0.25, 0.3) is 0 Å². The summed E-state index contributed by atoms with van der Waals surface area (Å²) in [4.78, 5) is 0.212. The van der Waals surface area contributed by atoms with E-state index < -0.39 is 10.0 Å². The first-order valence-corrected chi connectivity index (χ1v) is 9.15. The molecule has 0 aliphatic heterocycles. The Morgan fingerprint density at radius 2 is 1.50 bits per heavy atom. The van der Waals surface area contributed by atoms with Gasteiger partial charge in [0.1, 0.15) is 5.75 Å². The topological polar surface area (TPSA) is 79.5 Å². The molecule has 0 saturated carbocycles. The van der Waals surface area contributed by atoms with Crippen LogP contribution in [0, 0.1) is 0 Å². The highest BCUT2D eigenvalue weighted by atomic mass is 32.2. The Balaban J connectivity index is 1.98. The van der Waals surface area contributed by atoms with Gasteiger partial charge in [-0.2, -0.15) is 0 Å². The maximum absolute atomic E-state index is 11.9. The lowest BCUT2D eigenvalue weighted by Crippen LogP contribution is -2.23. The van der Waals surface area contributed by atoms with Crippen LogP contribution in [0.15, 0.2) is 53.4 Å². The molecule has 0 aromatic heterocycles. The molecular formula is C16H19N3O3S2. The van der Waals surface area contributed by atoms with Crippen LogP contribution in [0.4, 0.5) is 11.4 Å². The first-order chi connectivity index (χ1) is 11.4. The van der Waals surface area contributed by atoms with Crippen molar-refractivity contribution in [3.63, 3.8) is 0 Å². The van der Waals surface area contributed by atoms with Crippen molar-refractivity contribution < 1.29 is 13.2 Å². The molecule has 0 atom stereocenters. The van der Waals surface area contributed by atoms with Gasteiger partial charge in [0.15, 0.2) is 5.11 Å². The number of hydrogen-bond donors (Lipinski definition) is 3. The molecule has 3 N–H and O–H groups in total. The SMILES string of the molecule is CCNS(=O)(=O)c1ccc(NC(=S)Nc2ccc(OC)cc2)cc1. The lowest BCUT2D eigenvalue weighted by atomic mass is 10.3. The molecule has 0 saturated heterocycles. The summed E-state index contributed by atoms with van der Waals surface area (Å²) in [7, 11) is -1.84. The molecular weight excluding hydrogens is 346 g/mol. The van der Waals surface area contributed by atoms with E-state index in [0.29, 0.717) is 17.3 Å². The van der Waals surface area contributed by atoms with Crippen LogP contribution >= 0.6 is 12.2 Å². The van der Waals surface area contributed by atoms with Gasteiger partial charge < -0.3 is 15.4 Å². The highest BCUT2D eigenvalue weighted by Crippen LogP contribution is 2.17. The van der Waals surface area contributed by atoms with E-state index in [1.165, 1.54) is 12.1 Å². The van der Waals surface area contributed by atoms with Crippen molar-refractivity contribution in [3.8, 4) is 5.75 Å². The van der Waals surface area contributed by atoms with Crippen LogP contribution in [0.1, 0.15) is 6.92 Å². The maximum atomic E-state index is 11.9. The Morgan fingerprint density at radius 1 is 1.00 bits per heavy atom. The largest absolute Gasteiger partial charge is 0.497 e. The van der Waals surface area contributed by atoms with Gasteiger partial charge in [-0.1, -0.05) is 6.92 Å². The van der Waals surface area contributed by atoms with E-state index >= 15 is 0 Å². The quantitative estimate of drug-likeness (QED) is 0.683. The number of benzene rings is 2. The minimum atomic E-state index is -3.45. The van der Waals surface area contributed by atoms with Crippen LogP contribution in [0.5, 0.6) is 5.75 Å². The number of rotatable bonds is 6. The summed E-state index contributed by atoms with van der Waals surface area (Å²) in [5, 5.41) is 6.45. The zero-order valence-electron chi connectivity index (χ0n) is 13.4. The molecule has 0 radical (unpaired) electrons. The van der Waals surface area contributed by atoms with Crippen molar-refractivity contribution in [2.75, 3.05) is 24.3 Å². The summed E-state index contributed by atoms with van der Waals surface area (Å²) >= 11 is 5.24. The molecule has 24 heavy (non-hydrogen) atoms. The number of nitrogens with one attached hydrogen (secondary N) is 3. The normalized spacial score (nSPS) is 10.9. The summed E-state index contributed by atoms with van der Waals surface area (Å²) in [6.45, 7) is 2.08. The third-order valence-corrected chi connectivity index (χ3v) is 4.87. The van der Waals surface area contributed by atoms with E-state index in [9.17, 15) is 8.42 Å². The average molecular weight is 365 g/mol. The van der Waals surface area contributed by atoms with E-state index in [1.54, 1.807) is 26.2 Å². The van der Waals surface area contributed by atoms with E-state index in [4.69, 9.17) is 17.0 Å². The van der Waals surface area contributed by atoms with Gasteiger partial charge in [-0.25, -0.2) is 13.1 Å². The van der Waals surface area contributed by atoms with Crippen LogP contribution in [-0.4, -0.2) is 27.2 Å². The lowest BCUT2D eigenvalue weighted by Gasteiger charge is -2.11. The van der Waals surface area contributed by atoms with Crippen molar-refractivity contribution >= 4 is 38.7 Å². The van der Waals surface area contributed by atoms with Crippen LogP contribution in [0.2, 0.25) is 0 Å². The van der Waals surface area contributed by atoms with Crippen molar-refractivity contribution in [1.29, 1.82) is 0 Å². The molecule has 0 unspecified atom stereocenters. The van der Waals surface area contributed by atoms with Crippen LogP contribution in [-0.2, 0) is 10.0 Å². The second-order valence-electron chi connectivity index (χ2n) is 4.83. The third kappa shape index (κ3) is 4.92. The molecule has 128 valence electrons. The Labute approximate surface area is 147 Å². The fourth-order valence-electron chi connectivity index (χ4n) is 1.96. The van der Waals surface area contributed by atoms with Crippen LogP contribution in [0.3, 0.4) is 0 Å². The number of anilines is 2. The average Bonchev–Trinajstić information content (AvgIpc) is 2.56. The van der Waals surface area contributed by atoms with Crippen LogP contribution < -0.4 is 20.1 Å². The Morgan fingerprint density at radius 3 is 1.96 bits per heavy atom. The summed E-state index contributed by atoms with van der Waals surface area (Å²) in [6.07, 6.45) is 0. The minimum Gasteiger partial charge on any atom is -0.497 e. The van der Waals surface area contributed by atoms with Crippen molar-refractivity contribution in [3.05, 3.63) is 48.5 Å². The number of hydrogen-bond acceptors (Lipinski definition) is 4. The summed E-state index contributed by atoms with van der Waals surface area (Å²) < 4.78 is 31.3. The van der Waals surface area contributed by atoms with Gasteiger partial charge in [-0.05, 0) is 60.7 Å². The first kappa shape index (κ1) is 18.2. The van der Waals surface area contributed by atoms with E-state index in [0.717, 1.165) is 11.4 Å². The standard InChI is InChI=1S/C16H19N3O3S2/c1-3-17-24(20,21)15-10-6-13(7-11-15)19-16(23)18-12-4-8-14(22-2)9-5-12/h4-11,17H,3H2,1-2H3,(H2,18,19,23). The molecule has 0 spiro atoms. The molecule has 6 nitrogen and oxygen atoms in total. The molecule has 0 amide bonds. The fourth-order valence-corrected chi connectivity index (χ4v) is 3.24. The molecule has 8 heteroatoms. The summed E-state index contributed by atoms with van der Waals surface area (Å²) in [5.74, 6) is 0.761. The van der Waals surface area contributed by atoms with Crippen molar-refractivity contribution in [1.82, 2.24) is 4.72 Å². The molecule has 0 aliphatic carbocycles. The van der Waals surface area contributed by atoms with Gasteiger partial charge in [0.05, 0.1) is 12.0 Å². The molecule has 0 aliphatic rings. The molecule has 2 rings (SSSR count). The van der Waals surface area contributed by atoms with Crippen LogP contribution in [0.25, 0.3) is 0 Å². The third-order valence-electron chi connectivity index (χ3n) is 3.10. The lowest BCUT2D eigenvalue weighted by molar-refractivity contribution is 0.415. The molecule has 2 aromatic carbocycles. The van der Waals surface area contributed by atoms with Gasteiger partial charge >= 0.3 is 0 Å². The smallest absolute Gasteiger partial charge is 0.240 e. The molecule has 0 bridgehead atoms. The van der Waals surface area contributed by atoms with E-state index in [1.807, 2.05) is 24.3 Å². The summed E-state index contributed by atoms with van der Waals surface area (Å²) in [5.41, 5.74) is 1.51. The second kappa shape index (κ2) is 8.09. The van der Waals surface area contributed by atoms with Gasteiger partial charge in [0, 0.05) is 17.9 Å². The second-order valence-corrected chi connectivity index (χ2v) is 7.01. The first-order valence-electron chi connectivity index (χ1n) is 7.26. The summed E-state index contributed by atoms with van der Waals surface area (Å²) in [6, 6.07) is 13.7. The predicted molar refractivity (Wildman–Crippen MR) is 100 cm³/mol. The molecule has 0 fully saturated rings. The van der Waals surface area contributed by atoms with E-state index in [-0.39, 0.29) is 4.90 Å². The zero-order chi connectivity index (χ0) is 17.6. The fraction of sp³-hybridized carbons (Fsp3) is 0.188. The number of methoxy groups -OCH3 is 1. The van der Waals surface area contributed by atoms with Gasteiger partial charge in [-0.3, -0.25) is 0 Å². The number of ether oxygens (including phenoxy) is 1. The number of sulfonamides is 1.